The topological polar surface area (TPSA) is 20.2 Å². The molecular formula is C19H23FO. The van der Waals surface area contributed by atoms with E-state index in [1.807, 2.05) is 12.1 Å². The van der Waals surface area contributed by atoms with Gasteiger partial charge in [-0.05, 0) is 34.6 Å². The van der Waals surface area contributed by atoms with E-state index in [0.717, 1.165) is 12.0 Å². The van der Waals surface area contributed by atoms with Crippen LogP contribution in [0.1, 0.15) is 50.0 Å². The van der Waals surface area contributed by atoms with Crippen LogP contribution in [0, 0.1) is 5.82 Å². The molecule has 0 heterocycles. The molecule has 2 aromatic carbocycles. The summed E-state index contributed by atoms with van der Waals surface area (Å²) in [6.45, 7) is 6.58. The molecule has 1 atom stereocenters. The molecule has 0 fully saturated rings. The van der Waals surface area contributed by atoms with E-state index in [4.69, 9.17) is 0 Å². The van der Waals surface area contributed by atoms with Crippen molar-refractivity contribution >= 4 is 0 Å². The van der Waals surface area contributed by atoms with Crippen molar-refractivity contribution in [3.05, 3.63) is 71.0 Å². The van der Waals surface area contributed by atoms with E-state index in [9.17, 15) is 9.50 Å². The highest BCUT2D eigenvalue weighted by Gasteiger charge is 2.18. The largest absolute Gasteiger partial charge is 0.388 e. The van der Waals surface area contributed by atoms with Gasteiger partial charge in [0.05, 0.1) is 6.10 Å². The Bertz CT molecular complexity index is 587. The summed E-state index contributed by atoms with van der Waals surface area (Å²) in [4.78, 5) is 0. The van der Waals surface area contributed by atoms with Crippen LogP contribution >= 0.6 is 0 Å². The van der Waals surface area contributed by atoms with Crippen molar-refractivity contribution in [3.63, 3.8) is 0 Å². The fraction of sp³-hybridized carbons (Fsp3) is 0.368. The average Bonchev–Trinajstić information content (AvgIpc) is 2.49. The summed E-state index contributed by atoms with van der Waals surface area (Å²) in [7, 11) is 0. The summed E-state index contributed by atoms with van der Waals surface area (Å²) in [5.74, 6) is -0.264. The Morgan fingerprint density at radius 1 is 1.05 bits per heavy atom. The maximum Gasteiger partial charge on any atom is 0.126 e. The molecule has 112 valence electrons. The van der Waals surface area contributed by atoms with Gasteiger partial charge in [0, 0.05) is 6.42 Å². The molecule has 0 bridgehead atoms. The zero-order chi connectivity index (χ0) is 15.5. The highest BCUT2D eigenvalue weighted by atomic mass is 19.1. The maximum absolute atomic E-state index is 13.6. The number of aliphatic hydroxyl groups excluding tert-OH is 1. The molecule has 2 heteroatoms. The van der Waals surface area contributed by atoms with Gasteiger partial charge < -0.3 is 5.11 Å². The molecular weight excluding hydrogens is 263 g/mol. The van der Waals surface area contributed by atoms with Crippen LogP contribution in [0.2, 0.25) is 0 Å². The highest BCUT2D eigenvalue weighted by Crippen LogP contribution is 2.28. The quantitative estimate of drug-likeness (QED) is 0.838. The third kappa shape index (κ3) is 3.70. The second-order valence-corrected chi connectivity index (χ2v) is 6.17. The van der Waals surface area contributed by atoms with Crippen LogP contribution in [-0.4, -0.2) is 5.11 Å². The van der Waals surface area contributed by atoms with Crippen LogP contribution in [0.15, 0.2) is 48.5 Å². The van der Waals surface area contributed by atoms with Gasteiger partial charge in [-0.15, -0.1) is 0 Å². The van der Waals surface area contributed by atoms with Gasteiger partial charge in [-0.2, -0.15) is 0 Å². The van der Waals surface area contributed by atoms with Crippen molar-refractivity contribution in [3.8, 4) is 0 Å². The Balaban J connectivity index is 2.14. The SMILES string of the molecule is CCC(C)(C)c1ccc(C(O)Cc2ccccc2F)cc1. The molecule has 0 aliphatic carbocycles. The van der Waals surface area contributed by atoms with Crippen molar-refractivity contribution in [1.29, 1.82) is 0 Å². The van der Waals surface area contributed by atoms with Crippen molar-refractivity contribution in [1.82, 2.24) is 0 Å². The number of halogens is 1. The first-order chi connectivity index (χ1) is 9.94. The fourth-order valence-corrected chi connectivity index (χ4v) is 2.35. The van der Waals surface area contributed by atoms with E-state index >= 15 is 0 Å². The number of aliphatic hydroxyl groups is 1. The first-order valence-corrected chi connectivity index (χ1v) is 7.46. The minimum atomic E-state index is -0.680. The summed E-state index contributed by atoms with van der Waals surface area (Å²) >= 11 is 0. The third-order valence-electron chi connectivity index (χ3n) is 4.33. The van der Waals surface area contributed by atoms with Crippen molar-refractivity contribution < 1.29 is 9.50 Å². The Morgan fingerprint density at radius 2 is 1.67 bits per heavy atom. The predicted molar refractivity (Wildman–Crippen MR) is 84.8 cm³/mol. The molecule has 0 aliphatic rings. The van der Waals surface area contributed by atoms with Gasteiger partial charge in [-0.3, -0.25) is 0 Å². The Morgan fingerprint density at radius 3 is 2.24 bits per heavy atom. The molecule has 21 heavy (non-hydrogen) atoms. The van der Waals surface area contributed by atoms with E-state index < -0.39 is 6.10 Å². The van der Waals surface area contributed by atoms with Crippen molar-refractivity contribution in [2.45, 2.75) is 45.1 Å². The Kier molecular flexibility index (Phi) is 4.79. The molecule has 0 saturated carbocycles. The van der Waals surface area contributed by atoms with E-state index in [-0.39, 0.29) is 11.2 Å². The number of rotatable bonds is 5. The molecule has 0 radical (unpaired) electrons. The fourth-order valence-electron chi connectivity index (χ4n) is 2.35. The first kappa shape index (κ1) is 15.7. The second kappa shape index (κ2) is 6.40. The molecule has 1 N–H and O–H groups in total. The molecule has 0 aliphatic heterocycles. The lowest BCUT2D eigenvalue weighted by Crippen LogP contribution is -2.15. The minimum Gasteiger partial charge on any atom is -0.388 e. The molecule has 0 aromatic heterocycles. The van der Waals surface area contributed by atoms with Gasteiger partial charge in [0.25, 0.3) is 0 Å². The van der Waals surface area contributed by atoms with Crippen LogP contribution < -0.4 is 0 Å². The van der Waals surface area contributed by atoms with Crippen molar-refractivity contribution in [2.24, 2.45) is 0 Å². The van der Waals surface area contributed by atoms with Crippen LogP contribution in [-0.2, 0) is 11.8 Å². The zero-order valence-corrected chi connectivity index (χ0v) is 12.9. The summed E-state index contributed by atoms with van der Waals surface area (Å²) in [5.41, 5.74) is 2.76. The smallest absolute Gasteiger partial charge is 0.126 e. The number of hydrogen-bond donors (Lipinski definition) is 1. The van der Waals surface area contributed by atoms with E-state index in [1.54, 1.807) is 18.2 Å². The van der Waals surface area contributed by atoms with Crippen LogP contribution in [0.3, 0.4) is 0 Å². The first-order valence-electron chi connectivity index (χ1n) is 7.46. The second-order valence-electron chi connectivity index (χ2n) is 6.17. The van der Waals surface area contributed by atoms with Gasteiger partial charge in [-0.25, -0.2) is 4.39 Å². The molecule has 2 aromatic rings. The van der Waals surface area contributed by atoms with Crippen molar-refractivity contribution in [2.75, 3.05) is 0 Å². The molecule has 0 spiro atoms. The van der Waals surface area contributed by atoms with Gasteiger partial charge in [0.2, 0.25) is 0 Å². The predicted octanol–water partition coefficient (Wildman–Crippen LogP) is 4.79. The average molecular weight is 286 g/mol. The summed E-state index contributed by atoms with van der Waals surface area (Å²) in [5, 5.41) is 10.3. The molecule has 1 nitrogen and oxygen atoms in total. The zero-order valence-electron chi connectivity index (χ0n) is 12.9. The molecule has 0 saturated heterocycles. The van der Waals surface area contributed by atoms with E-state index in [0.29, 0.717) is 12.0 Å². The Hall–Kier alpha value is -1.67. The Labute approximate surface area is 126 Å². The van der Waals surface area contributed by atoms with Gasteiger partial charge in [0.15, 0.2) is 0 Å². The highest BCUT2D eigenvalue weighted by molar-refractivity contribution is 5.30. The molecule has 2 rings (SSSR count). The van der Waals surface area contributed by atoms with E-state index in [1.165, 1.54) is 11.6 Å². The lowest BCUT2D eigenvalue weighted by molar-refractivity contribution is 0.177. The summed E-state index contributed by atoms with van der Waals surface area (Å²) in [6.07, 6.45) is 0.675. The third-order valence-corrected chi connectivity index (χ3v) is 4.33. The van der Waals surface area contributed by atoms with Crippen LogP contribution in [0.25, 0.3) is 0 Å². The van der Waals surface area contributed by atoms with Gasteiger partial charge >= 0.3 is 0 Å². The lowest BCUT2D eigenvalue weighted by atomic mass is 9.82. The molecule has 0 amide bonds. The van der Waals surface area contributed by atoms with Crippen LogP contribution in [0.4, 0.5) is 4.39 Å². The summed E-state index contributed by atoms with van der Waals surface area (Å²) < 4.78 is 13.6. The van der Waals surface area contributed by atoms with Gasteiger partial charge in [-0.1, -0.05) is 63.2 Å². The minimum absolute atomic E-state index is 0.134. The van der Waals surface area contributed by atoms with Crippen LogP contribution in [0.5, 0.6) is 0 Å². The summed E-state index contributed by atoms with van der Waals surface area (Å²) in [6, 6.07) is 14.6. The monoisotopic (exact) mass is 286 g/mol. The molecule has 1 unspecified atom stereocenters. The maximum atomic E-state index is 13.6. The lowest BCUT2D eigenvalue weighted by Gasteiger charge is -2.24. The normalized spacial score (nSPS) is 13.2. The standard InChI is InChI=1S/C19H23FO/c1-4-19(2,3)16-11-9-14(10-12-16)18(21)13-15-7-5-6-8-17(15)20/h5-12,18,21H,4,13H2,1-3H3. The number of benzene rings is 2. The van der Waals surface area contributed by atoms with Gasteiger partial charge in [0.1, 0.15) is 5.82 Å². The number of hydrogen-bond acceptors (Lipinski definition) is 1. The van der Waals surface area contributed by atoms with E-state index in [2.05, 4.69) is 32.9 Å².